The molecular formula is C19H16F2N2O3. The van der Waals surface area contributed by atoms with Crippen molar-refractivity contribution in [2.24, 2.45) is 0 Å². The number of hydrogen-bond donors (Lipinski definition) is 1. The van der Waals surface area contributed by atoms with E-state index in [2.05, 4.69) is 5.32 Å². The molecule has 0 saturated carbocycles. The lowest BCUT2D eigenvalue weighted by molar-refractivity contribution is -0.116. The second-order valence-corrected chi connectivity index (χ2v) is 5.62. The summed E-state index contributed by atoms with van der Waals surface area (Å²) < 4.78 is 31.9. The molecule has 0 aromatic heterocycles. The summed E-state index contributed by atoms with van der Waals surface area (Å²) in [6.45, 7) is 1.03. The molecule has 0 aliphatic carbocycles. The SMILES string of the molecule is O=C(C=Cc1c(F)cccc1F)NCc1cccc(N2CCOC2=O)c1. The van der Waals surface area contributed by atoms with Gasteiger partial charge in [0.25, 0.3) is 0 Å². The zero-order valence-electron chi connectivity index (χ0n) is 13.7. The van der Waals surface area contributed by atoms with E-state index in [9.17, 15) is 18.4 Å². The van der Waals surface area contributed by atoms with Crippen molar-refractivity contribution in [1.82, 2.24) is 5.32 Å². The zero-order valence-corrected chi connectivity index (χ0v) is 13.7. The van der Waals surface area contributed by atoms with Crippen molar-refractivity contribution in [1.29, 1.82) is 0 Å². The van der Waals surface area contributed by atoms with Gasteiger partial charge in [-0.05, 0) is 35.9 Å². The molecule has 0 radical (unpaired) electrons. The van der Waals surface area contributed by atoms with Gasteiger partial charge in [-0.15, -0.1) is 0 Å². The number of cyclic esters (lactones) is 1. The topological polar surface area (TPSA) is 58.6 Å². The van der Waals surface area contributed by atoms with Crippen molar-refractivity contribution in [3.8, 4) is 0 Å². The Kier molecular flexibility index (Phi) is 5.26. The number of hydrogen-bond acceptors (Lipinski definition) is 3. The van der Waals surface area contributed by atoms with Gasteiger partial charge in [-0.2, -0.15) is 0 Å². The molecule has 1 N–H and O–H groups in total. The Bertz CT molecular complexity index is 847. The van der Waals surface area contributed by atoms with Gasteiger partial charge in [-0.25, -0.2) is 13.6 Å². The maximum Gasteiger partial charge on any atom is 0.414 e. The smallest absolute Gasteiger partial charge is 0.414 e. The molecule has 134 valence electrons. The van der Waals surface area contributed by atoms with E-state index in [1.54, 1.807) is 24.3 Å². The van der Waals surface area contributed by atoms with E-state index in [4.69, 9.17) is 4.74 Å². The first kappa shape index (κ1) is 17.6. The maximum absolute atomic E-state index is 13.5. The van der Waals surface area contributed by atoms with Gasteiger partial charge in [-0.1, -0.05) is 18.2 Å². The number of ether oxygens (including phenoxy) is 1. The van der Waals surface area contributed by atoms with E-state index in [0.717, 1.165) is 29.8 Å². The molecule has 1 heterocycles. The highest BCUT2D eigenvalue weighted by molar-refractivity contribution is 5.92. The molecule has 0 bridgehead atoms. The van der Waals surface area contributed by atoms with E-state index in [1.807, 2.05) is 0 Å². The minimum atomic E-state index is -0.737. The highest BCUT2D eigenvalue weighted by atomic mass is 19.1. The lowest BCUT2D eigenvalue weighted by Crippen LogP contribution is -2.24. The van der Waals surface area contributed by atoms with Crippen LogP contribution < -0.4 is 10.2 Å². The zero-order chi connectivity index (χ0) is 18.5. The summed E-state index contributed by atoms with van der Waals surface area (Å²) in [6, 6.07) is 10.6. The molecule has 1 saturated heterocycles. The molecule has 3 rings (SSSR count). The van der Waals surface area contributed by atoms with Crippen LogP contribution in [-0.2, 0) is 16.1 Å². The normalized spacial score (nSPS) is 13.9. The number of halogens is 2. The van der Waals surface area contributed by atoms with Crippen LogP contribution in [0.1, 0.15) is 11.1 Å². The molecule has 0 unspecified atom stereocenters. The summed E-state index contributed by atoms with van der Waals surface area (Å²) in [5.74, 6) is -1.96. The third-order valence-electron chi connectivity index (χ3n) is 3.85. The standard InChI is InChI=1S/C19H16F2N2O3/c20-16-5-2-6-17(21)15(16)7-8-18(24)22-12-13-3-1-4-14(11-13)23-9-10-26-19(23)25/h1-8,11H,9-10,12H2,(H,22,24). The molecule has 2 aromatic rings. The monoisotopic (exact) mass is 358 g/mol. The molecule has 2 aromatic carbocycles. The molecule has 7 heteroatoms. The van der Waals surface area contributed by atoms with Crippen LogP contribution in [0.25, 0.3) is 6.08 Å². The van der Waals surface area contributed by atoms with Gasteiger partial charge in [0.1, 0.15) is 18.2 Å². The molecule has 0 atom stereocenters. The van der Waals surface area contributed by atoms with Crippen LogP contribution in [0, 0.1) is 11.6 Å². The summed E-state index contributed by atoms with van der Waals surface area (Å²) >= 11 is 0. The van der Waals surface area contributed by atoms with Crippen molar-refractivity contribution in [2.45, 2.75) is 6.54 Å². The number of carbonyl (C=O) groups excluding carboxylic acids is 2. The third kappa shape index (κ3) is 4.05. The van der Waals surface area contributed by atoms with Crippen molar-refractivity contribution in [3.63, 3.8) is 0 Å². The molecule has 5 nitrogen and oxygen atoms in total. The van der Waals surface area contributed by atoms with Gasteiger partial charge in [0.15, 0.2) is 0 Å². The lowest BCUT2D eigenvalue weighted by Gasteiger charge is -2.13. The Morgan fingerprint density at radius 3 is 2.62 bits per heavy atom. The van der Waals surface area contributed by atoms with Gasteiger partial charge in [0.05, 0.1) is 6.54 Å². The first-order chi connectivity index (χ1) is 12.5. The summed E-state index contributed by atoms with van der Waals surface area (Å²) in [7, 11) is 0. The summed E-state index contributed by atoms with van der Waals surface area (Å²) in [5.41, 5.74) is 1.20. The molecule has 2 amide bonds. The number of carbonyl (C=O) groups is 2. The van der Waals surface area contributed by atoms with Gasteiger partial charge in [0.2, 0.25) is 5.91 Å². The van der Waals surface area contributed by atoms with Crippen molar-refractivity contribution in [3.05, 3.63) is 71.3 Å². The molecule has 1 aliphatic heterocycles. The molecule has 0 spiro atoms. The summed E-state index contributed by atoms with van der Waals surface area (Å²) in [4.78, 5) is 25.0. The van der Waals surface area contributed by atoms with Gasteiger partial charge in [-0.3, -0.25) is 9.69 Å². The average molecular weight is 358 g/mol. The first-order valence-corrected chi connectivity index (χ1v) is 7.98. The maximum atomic E-state index is 13.5. The number of rotatable bonds is 5. The van der Waals surface area contributed by atoms with E-state index in [-0.39, 0.29) is 12.1 Å². The van der Waals surface area contributed by atoms with Crippen LogP contribution >= 0.6 is 0 Å². The minimum absolute atomic E-state index is 0.208. The van der Waals surface area contributed by atoms with Gasteiger partial charge < -0.3 is 10.1 Å². The second kappa shape index (κ2) is 7.77. The number of anilines is 1. The Hall–Kier alpha value is -3.22. The minimum Gasteiger partial charge on any atom is -0.447 e. The fourth-order valence-corrected chi connectivity index (χ4v) is 2.54. The van der Waals surface area contributed by atoms with Crippen molar-refractivity contribution < 1.29 is 23.1 Å². The number of nitrogens with zero attached hydrogens (tertiary/aromatic N) is 1. The van der Waals surface area contributed by atoms with Crippen LogP contribution in [0.15, 0.2) is 48.5 Å². The number of benzene rings is 2. The van der Waals surface area contributed by atoms with Crippen LogP contribution in [0.5, 0.6) is 0 Å². The summed E-state index contributed by atoms with van der Waals surface area (Å²) in [6.07, 6.45) is 1.76. The Morgan fingerprint density at radius 1 is 1.19 bits per heavy atom. The van der Waals surface area contributed by atoms with E-state index in [1.165, 1.54) is 11.0 Å². The highest BCUT2D eigenvalue weighted by Gasteiger charge is 2.23. The van der Waals surface area contributed by atoms with E-state index >= 15 is 0 Å². The molecule has 1 aliphatic rings. The van der Waals surface area contributed by atoms with Crippen LogP contribution in [-0.4, -0.2) is 25.2 Å². The Morgan fingerprint density at radius 2 is 1.92 bits per heavy atom. The van der Waals surface area contributed by atoms with Crippen LogP contribution in [0.3, 0.4) is 0 Å². The van der Waals surface area contributed by atoms with E-state index in [0.29, 0.717) is 18.8 Å². The molecular weight excluding hydrogens is 342 g/mol. The third-order valence-corrected chi connectivity index (χ3v) is 3.85. The van der Waals surface area contributed by atoms with E-state index < -0.39 is 23.6 Å². The largest absolute Gasteiger partial charge is 0.447 e. The lowest BCUT2D eigenvalue weighted by atomic mass is 10.1. The number of amides is 2. The Labute approximate surface area is 148 Å². The fraction of sp³-hybridized carbons (Fsp3) is 0.158. The predicted molar refractivity (Wildman–Crippen MR) is 92.4 cm³/mol. The van der Waals surface area contributed by atoms with Crippen molar-refractivity contribution in [2.75, 3.05) is 18.1 Å². The highest BCUT2D eigenvalue weighted by Crippen LogP contribution is 2.20. The quantitative estimate of drug-likeness (QED) is 0.835. The van der Waals surface area contributed by atoms with Gasteiger partial charge in [0, 0.05) is 23.9 Å². The summed E-state index contributed by atoms with van der Waals surface area (Å²) in [5, 5.41) is 2.63. The number of nitrogens with one attached hydrogen (secondary N) is 1. The van der Waals surface area contributed by atoms with Gasteiger partial charge >= 0.3 is 6.09 Å². The van der Waals surface area contributed by atoms with Crippen molar-refractivity contribution >= 4 is 23.8 Å². The van der Waals surface area contributed by atoms with Crippen LogP contribution in [0.4, 0.5) is 19.3 Å². The molecule has 1 fully saturated rings. The first-order valence-electron chi connectivity index (χ1n) is 7.98. The van der Waals surface area contributed by atoms with Crippen LogP contribution in [0.2, 0.25) is 0 Å². The predicted octanol–water partition coefficient (Wildman–Crippen LogP) is 3.25. The second-order valence-electron chi connectivity index (χ2n) is 5.62. The average Bonchev–Trinajstić information content (AvgIpc) is 3.06. The fourth-order valence-electron chi connectivity index (χ4n) is 2.54. The Balaban J connectivity index is 1.61. The molecule has 26 heavy (non-hydrogen) atoms.